The highest BCUT2D eigenvalue weighted by molar-refractivity contribution is 9.10. The van der Waals surface area contributed by atoms with Gasteiger partial charge in [0.25, 0.3) is 0 Å². The zero-order valence-electron chi connectivity index (χ0n) is 11.0. The largest absolute Gasteiger partial charge is 0.366 e. The molecule has 5 nitrogen and oxygen atoms in total. The molecule has 3 N–H and O–H groups in total. The summed E-state index contributed by atoms with van der Waals surface area (Å²) < 4.78 is 14.3. The quantitative estimate of drug-likeness (QED) is 0.784. The van der Waals surface area contributed by atoms with Crippen LogP contribution < -0.4 is 15.0 Å². The van der Waals surface area contributed by atoms with Gasteiger partial charge in [0.05, 0.1) is 21.8 Å². The number of rotatable bonds is 3. The van der Waals surface area contributed by atoms with E-state index in [-0.39, 0.29) is 10.7 Å². The first-order valence-electron chi connectivity index (χ1n) is 5.99. The molecule has 8 heteroatoms. The molecule has 0 bridgehead atoms. The summed E-state index contributed by atoms with van der Waals surface area (Å²) in [5.41, 5.74) is 6.14. The standard InChI is InChI=1S/C14H10BrClFN3O2/c15-20(12-3-1-8(2-4-12)13(18)21)14(22)19-11-6-9(16)5-10(17)7-11/h1-7H,(H2,18,21)(H,19,22). The van der Waals surface area contributed by atoms with E-state index in [1.807, 2.05) is 0 Å². The lowest BCUT2D eigenvalue weighted by atomic mass is 10.2. The molecule has 0 unspecified atom stereocenters. The van der Waals surface area contributed by atoms with Crippen molar-refractivity contribution in [1.29, 1.82) is 0 Å². The van der Waals surface area contributed by atoms with Gasteiger partial charge in [0.2, 0.25) is 5.91 Å². The first kappa shape index (κ1) is 16.3. The minimum Gasteiger partial charge on any atom is -0.366 e. The monoisotopic (exact) mass is 385 g/mol. The fourth-order valence-electron chi connectivity index (χ4n) is 1.67. The molecule has 3 amide bonds. The van der Waals surface area contributed by atoms with Crippen molar-refractivity contribution in [2.45, 2.75) is 0 Å². The van der Waals surface area contributed by atoms with E-state index in [0.717, 1.165) is 16.1 Å². The third-order valence-corrected chi connectivity index (χ3v) is 3.62. The molecule has 0 aliphatic carbocycles. The molecule has 0 aliphatic rings. The average Bonchev–Trinajstić information content (AvgIpc) is 2.45. The van der Waals surface area contributed by atoms with Crippen molar-refractivity contribution in [3.63, 3.8) is 0 Å². The molecule has 2 aromatic rings. The van der Waals surface area contributed by atoms with Crippen LogP contribution in [-0.2, 0) is 0 Å². The highest BCUT2D eigenvalue weighted by atomic mass is 79.9. The van der Waals surface area contributed by atoms with Crippen LogP contribution in [0.4, 0.5) is 20.6 Å². The fourth-order valence-corrected chi connectivity index (χ4v) is 2.22. The second-order valence-corrected chi connectivity index (χ2v) is 5.43. The molecule has 0 heterocycles. The summed E-state index contributed by atoms with van der Waals surface area (Å²) in [6, 6.07) is 9.16. The Morgan fingerprint density at radius 1 is 1.18 bits per heavy atom. The van der Waals surface area contributed by atoms with Gasteiger partial charge in [-0.25, -0.2) is 13.1 Å². The number of primary amides is 1. The number of amides is 3. The topological polar surface area (TPSA) is 75.4 Å². The Morgan fingerprint density at radius 3 is 2.36 bits per heavy atom. The molecule has 2 rings (SSSR count). The van der Waals surface area contributed by atoms with Crippen LogP contribution in [-0.4, -0.2) is 11.9 Å². The molecule has 2 aromatic carbocycles. The second kappa shape index (κ2) is 6.76. The maximum absolute atomic E-state index is 13.2. The van der Waals surface area contributed by atoms with E-state index in [1.54, 1.807) is 0 Å². The molecule has 0 radical (unpaired) electrons. The molecule has 0 fully saturated rings. The molecular formula is C14H10BrClFN3O2. The molecule has 0 spiro atoms. The lowest BCUT2D eigenvalue weighted by Crippen LogP contribution is -2.26. The lowest BCUT2D eigenvalue weighted by Gasteiger charge is -2.16. The highest BCUT2D eigenvalue weighted by Crippen LogP contribution is 2.22. The Bertz CT molecular complexity index is 704. The third kappa shape index (κ3) is 3.96. The Morgan fingerprint density at radius 2 is 1.82 bits per heavy atom. The van der Waals surface area contributed by atoms with E-state index in [0.29, 0.717) is 11.3 Å². The molecule has 0 saturated carbocycles. The van der Waals surface area contributed by atoms with Crippen molar-refractivity contribution < 1.29 is 14.0 Å². The van der Waals surface area contributed by atoms with Crippen LogP contribution in [0.25, 0.3) is 0 Å². The zero-order chi connectivity index (χ0) is 16.3. The first-order chi connectivity index (χ1) is 10.4. The number of urea groups is 1. The maximum Gasteiger partial charge on any atom is 0.336 e. The number of nitrogens with two attached hydrogens (primary N) is 1. The van der Waals surface area contributed by atoms with Crippen molar-refractivity contribution in [3.05, 3.63) is 58.9 Å². The molecule has 0 aliphatic heterocycles. The van der Waals surface area contributed by atoms with Gasteiger partial charge < -0.3 is 11.1 Å². The van der Waals surface area contributed by atoms with Gasteiger partial charge in [-0.2, -0.15) is 0 Å². The van der Waals surface area contributed by atoms with E-state index < -0.39 is 17.8 Å². The number of hydrogen-bond donors (Lipinski definition) is 2. The van der Waals surface area contributed by atoms with Crippen LogP contribution in [0.1, 0.15) is 10.4 Å². The van der Waals surface area contributed by atoms with E-state index in [9.17, 15) is 14.0 Å². The minimum absolute atomic E-state index is 0.169. The number of nitrogens with zero attached hydrogens (tertiary/aromatic N) is 1. The van der Waals surface area contributed by atoms with E-state index in [4.69, 9.17) is 17.3 Å². The number of halogens is 3. The third-order valence-electron chi connectivity index (χ3n) is 2.67. The van der Waals surface area contributed by atoms with Crippen LogP contribution in [0, 0.1) is 5.82 Å². The molecule has 22 heavy (non-hydrogen) atoms. The summed E-state index contributed by atoms with van der Waals surface area (Å²) in [6.07, 6.45) is 0. The lowest BCUT2D eigenvalue weighted by molar-refractivity contribution is 0.100. The van der Waals surface area contributed by atoms with E-state index >= 15 is 0 Å². The fraction of sp³-hybridized carbons (Fsp3) is 0. The van der Waals surface area contributed by atoms with Crippen LogP contribution in [0.15, 0.2) is 42.5 Å². The van der Waals surface area contributed by atoms with E-state index in [2.05, 4.69) is 21.5 Å². The second-order valence-electron chi connectivity index (χ2n) is 4.28. The maximum atomic E-state index is 13.2. The van der Waals surface area contributed by atoms with Crippen molar-refractivity contribution >= 4 is 51.1 Å². The number of anilines is 2. The molecular weight excluding hydrogens is 377 g/mol. The first-order valence-corrected chi connectivity index (χ1v) is 7.08. The number of nitrogens with one attached hydrogen (secondary N) is 1. The van der Waals surface area contributed by atoms with E-state index in [1.165, 1.54) is 30.3 Å². The number of hydrogen-bond acceptors (Lipinski definition) is 2. The van der Waals surface area contributed by atoms with Crippen molar-refractivity contribution in [2.75, 3.05) is 9.24 Å². The van der Waals surface area contributed by atoms with Crippen molar-refractivity contribution in [3.8, 4) is 0 Å². The highest BCUT2D eigenvalue weighted by Gasteiger charge is 2.14. The van der Waals surface area contributed by atoms with Crippen molar-refractivity contribution in [2.24, 2.45) is 5.73 Å². The molecule has 0 aromatic heterocycles. The van der Waals surface area contributed by atoms with Crippen LogP contribution in [0.5, 0.6) is 0 Å². The Labute approximate surface area is 139 Å². The zero-order valence-corrected chi connectivity index (χ0v) is 13.4. The predicted molar refractivity (Wildman–Crippen MR) is 86.8 cm³/mol. The average molecular weight is 387 g/mol. The van der Waals surface area contributed by atoms with Crippen molar-refractivity contribution in [1.82, 2.24) is 0 Å². The summed E-state index contributed by atoms with van der Waals surface area (Å²) in [5, 5.41) is 2.65. The summed E-state index contributed by atoms with van der Waals surface area (Å²) >= 11 is 8.80. The summed E-state index contributed by atoms with van der Waals surface area (Å²) in [4.78, 5) is 23.1. The summed E-state index contributed by atoms with van der Waals surface area (Å²) in [5.74, 6) is -1.12. The predicted octanol–water partition coefficient (Wildman–Crippen LogP) is 3.93. The normalized spacial score (nSPS) is 10.1. The number of carbonyl (C=O) groups is 2. The van der Waals surface area contributed by atoms with Gasteiger partial charge in [-0.1, -0.05) is 11.6 Å². The number of carbonyl (C=O) groups excluding carboxylic acids is 2. The van der Waals surface area contributed by atoms with Gasteiger partial charge in [-0.05, 0) is 42.5 Å². The molecule has 0 saturated heterocycles. The Hall–Kier alpha value is -2.12. The van der Waals surface area contributed by atoms with Gasteiger partial charge in [-0.3, -0.25) is 4.79 Å². The summed E-state index contributed by atoms with van der Waals surface area (Å²) in [6.45, 7) is 0. The molecule has 114 valence electrons. The Balaban J connectivity index is 2.13. The van der Waals surface area contributed by atoms with Gasteiger partial charge in [0.1, 0.15) is 5.82 Å². The van der Waals surface area contributed by atoms with Crippen LogP contribution in [0.3, 0.4) is 0 Å². The van der Waals surface area contributed by atoms with Crippen LogP contribution >= 0.6 is 27.7 Å². The van der Waals surface area contributed by atoms with Gasteiger partial charge in [0, 0.05) is 16.3 Å². The van der Waals surface area contributed by atoms with Gasteiger partial charge in [-0.15, -0.1) is 0 Å². The number of benzene rings is 2. The SMILES string of the molecule is NC(=O)c1ccc(N(Br)C(=O)Nc2cc(F)cc(Cl)c2)cc1. The van der Waals surface area contributed by atoms with Gasteiger partial charge in [0.15, 0.2) is 0 Å². The molecule has 0 atom stereocenters. The smallest absolute Gasteiger partial charge is 0.336 e. The Kier molecular flexibility index (Phi) is 4.99. The van der Waals surface area contributed by atoms with Crippen LogP contribution in [0.2, 0.25) is 5.02 Å². The summed E-state index contributed by atoms with van der Waals surface area (Å²) in [7, 11) is 0. The van der Waals surface area contributed by atoms with Gasteiger partial charge >= 0.3 is 6.03 Å². The minimum atomic E-state index is -0.563.